The number of carbonyl (C=O) groups excluding carboxylic acids is 1. The van der Waals surface area contributed by atoms with Gasteiger partial charge in [-0.3, -0.25) is 4.79 Å². The van der Waals surface area contributed by atoms with Gasteiger partial charge >= 0.3 is 0 Å². The van der Waals surface area contributed by atoms with Gasteiger partial charge in [0.15, 0.2) is 0 Å². The number of hydrogen-bond acceptors (Lipinski definition) is 2. The second-order valence-corrected chi connectivity index (χ2v) is 5.97. The van der Waals surface area contributed by atoms with Crippen molar-refractivity contribution in [3.63, 3.8) is 0 Å². The van der Waals surface area contributed by atoms with Crippen molar-refractivity contribution < 1.29 is 13.6 Å². The Bertz CT molecular complexity index is 616. The zero-order valence-corrected chi connectivity index (χ0v) is 13.2. The monoisotopic (exact) mass is 321 g/mol. The number of amides is 1. The van der Waals surface area contributed by atoms with Gasteiger partial charge in [0, 0.05) is 17.5 Å². The molecule has 0 heterocycles. The van der Waals surface area contributed by atoms with Crippen LogP contribution < -0.4 is 0 Å². The van der Waals surface area contributed by atoms with E-state index in [4.69, 9.17) is 0 Å². The summed E-state index contributed by atoms with van der Waals surface area (Å²) in [5, 5.41) is 0. The van der Waals surface area contributed by atoms with Crippen LogP contribution in [0.25, 0.3) is 0 Å². The van der Waals surface area contributed by atoms with Crippen LogP contribution in [0, 0.1) is 0 Å². The molecule has 0 saturated carbocycles. The predicted molar refractivity (Wildman–Crippen MR) is 85.3 cm³/mol. The van der Waals surface area contributed by atoms with E-state index in [1.165, 1.54) is 0 Å². The molecular formula is C17H17F2NOS. The normalized spacial score (nSPS) is 12.2. The fourth-order valence-electron chi connectivity index (χ4n) is 2.11. The molecule has 5 heteroatoms. The Hall–Kier alpha value is -1.88. The zero-order valence-electron chi connectivity index (χ0n) is 12.4. The van der Waals surface area contributed by atoms with Crippen LogP contribution in [0.3, 0.4) is 0 Å². The molecule has 0 aliphatic heterocycles. The highest BCUT2D eigenvalue weighted by Gasteiger charge is 2.18. The first-order valence-electron chi connectivity index (χ1n) is 6.86. The van der Waals surface area contributed by atoms with Gasteiger partial charge in [0.2, 0.25) is 0 Å². The Balaban J connectivity index is 2.10. The molecular weight excluding hydrogens is 304 g/mol. The van der Waals surface area contributed by atoms with Crippen LogP contribution in [0.15, 0.2) is 59.5 Å². The third kappa shape index (κ3) is 4.07. The van der Waals surface area contributed by atoms with Crippen LogP contribution in [-0.4, -0.2) is 23.6 Å². The van der Waals surface area contributed by atoms with Crippen LogP contribution in [-0.2, 0) is 0 Å². The molecule has 1 unspecified atom stereocenters. The zero-order chi connectivity index (χ0) is 16.1. The molecule has 0 saturated heterocycles. The second kappa shape index (κ2) is 7.40. The molecule has 116 valence electrons. The maximum absolute atomic E-state index is 12.5. The molecule has 0 aromatic heterocycles. The maximum atomic E-state index is 12.5. The molecule has 2 aromatic carbocycles. The molecule has 2 nitrogen and oxygen atoms in total. The van der Waals surface area contributed by atoms with Gasteiger partial charge in [-0.25, -0.2) is 0 Å². The Morgan fingerprint density at radius 2 is 1.64 bits per heavy atom. The minimum Gasteiger partial charge on any atom is -0.335 e. The lowest BCUT2D eigenvalue weighted by atomic mass is 10.1. The Kier molecular flexibility index (Phi) is 5.55. The molecule has 0 aliphatic rings. The van der Waals surface area contributed by atoms with E-state index >= 15 is 0 Å². The lowest BCUT2D eigenvalue weighted by Gasteiger charge is -2.25. The minimum atomic E-state index is -2.46. The molecule has 0 fully saturated rings. The number of halogens is 2. The summed E-state index contributed by atoms with van der Waals surface area (Å²) in [6.07, 6.45) is 0. The average Bonchev–Trinajstić information content (AvgIpc) is 2.54. The molecule has 0 N–H and O–H groups in total. The van der Waals surface area contributed by atoms with E-state index in [1.807, 2.05) is 37.3 Å². The molecule has 1 atom stereocenters. The molecule has 2 aromatic rings. The molecule has 22 heavy (non-hydrogen) atoms. The summed E-state index contributed by atoms with van der Waals surface area (Å²) in [5.41, 5.74) is 1.53. The first-order valence-corrected chi connectivity index (χ1v) is 7.74. The van der Waals surface area contributed by atoms with Crippen LogP contribution in [0.5, 0.6) is 0 Å². The fraction of sp³-hybridized carbons (Fsp3) is 0.235. The van der Waals surface area contributed by atoms with Crippen molar-refractivity contribution in [3.05, 3.63) is 65.7 Å². The third-order valence-corrected chi connectivity index (χ3v) is 4.23. The number of carbonyl (C=O) groups is 1. The van der Waals surface area contributed by atoms with Crippen LogP contribution in [0.1, 0.15) is 28.9 Å². The van der Waals surface area contributed by atoms with E-state index in [9.17, 15) is 13.6 Å². The van der Waals surface area contributed by atoms with E-state index in [1.54, 1.807) is 36.2 Å². The number of benzene rings is 2. The standard InChI is InChI=1S/C17H17F2NOS/c1-12(13-6-4-3-5-7-13)20(2)16(21)14-8-10-15(11-9-14)22-17(18)19/h3-12,17H,1-2H3. The van der Waals surface area contributed by atoms with Gasteiger partial charge < -0.3 is 4.90 Å². The molecule has 1 amide bonds. The molecule has 0 spiro atoms. The molecule has 0 bridgehead atoms. The summed E-state index contributed by atoms with van der Waals surface area (Å²) in [7, 11) is 1.74. The number of hydrogen-bond donors (Lipinski definition) is 0. The van der Waals surface area contributed by atoms with Gasteiger partial charge in [0.1, 0.15) is 0 Å². The summed E-state index contributed by atoms with van der Waals surface area (Å²) < 4.78 is 24.6. The number of thioether (sulfide) groups is 1. The highest BCUT2D eigenvalue weighted by Crippen LogP contribution is 2.26. The molecule has 0 aliphatic carbocycles. The second-order valence-electron chi connectivity index (χ2n) is 4.91. The summed E-state index contributed by atoms with van der Waals surface area (Å²) in [6.45, 7) is 1.95. The first kappa shape index (κ1) is 16.5. The highest BCUT2D eigenvalue weighted by molar-refractivity contribution is 7.99. The van der Waals surface area contributed by atoms with Gasteiger partial charge in [-0.2, -0.15) is 8.78 Å². The SMILES string of the molecule is CC(c1ccccc1)N(C)C(=O)c1ccc(SC(F)F)cc1. The van der Waals surface area contributed by atoms with Gasteiger partial charge in [-0.05, 0) is 36.8 Å². The van der Waals surface area contributed by atoms with Gasteiger partial charge in [0.25, 0.3) is 11.7 Å². The summed E-state index contributed by atoms with van der Waals surface area (Å²) in [6, 6.07) is 15.9. The van der Waals surface area contributed by atoms with E-state index in [2.05, 4.69) is 0 Å². The van der Waals surface area contributed by atoms with Crippen molar-refractivity contribution in [2.24, 2.45) is 0 Å². The molecule has 2 rings (SSSR count). The lowest BCUT2D eigenvalue weighted by molar-refractivity contribution is 0.0742. The van der Waals surface area contributed by atoms with Crippen LogP contribution >= 0.6 is 11.8 Å². The highest BCUT2D eigenvalue weighted by atomic mass is 32.2. The van der Waals surface area contributed by atoms with Gasteiger partial charge in [-0.15, -0.1) is 0 Å². The van der Waals surface area contributed by atoms with Crippen LogP contribution in [0.2, 0.25) is 0 Å². The Morgan fingerprint density at radius 3 is 2.18 bits per heavy atom. The lowest BCUT2D eigenvalue weighted by Crippen LogP contribution is -2.29. The minimum absolute atomic E-state index is 0.0659. The van der Waals surface area contributed by atoms with E-state index in [0.717, 1.165) is 5.56 Å². The van der Waals surface area contributed by atoms with E-state index in [0.29, 0.717) is 22.2 Å². The van der Waals surface area contributed by atoms with Crippen molar-refractivity contribution in [1.29, 1.82) is 0 Å². The van der Waals surface area contributed by atoms with Crippen molar-refractivity contribution in [1.82, 2.24) is 4.90 Å². The maximum Gasteiger partial charge on any atom is 0.288 e. The largest absolute Gasteiger partial charge is 0.335 e. The smallest absolute Gasteiger partial charge is 0.288 e. The van der Waals surface area contributed by atoms with Gasteiger partial charge in [0.05, 0.1) is 6.04 Å². The predicted octanol–water partition coefficient (Wildman–Crippen LogP) is 4.83. The van der Waals surface area contributed by atoms with Crippen molar-refractivity contribution in [3.8, 4) is 0 Å². The summed E-state index contributed by atoms with van der Waals surface area (Å²) >= 11 is 0.472. The van der Waals surface area contributed by atoms with Gasteiger partial charge in [-0.1, -0.05) is 42.1 Å². The number of rotatable bonds is 5. The van der Waals surface area contributed by atoms with E-state index in [-0.39, 0.29) is 11.9 Å². The number of nitrogens with zero attached hydrogens (tertiary/aromatic N) is 1. The summed E-state index contributed by atoms with van der Waals surface area (Å²) in [5.74, 6) is -2.59. The molecule has 0 radical (unpaired) electrons. The Morgan fingerprint density at radius 1 is 1.05 bits per heavy atom. The summed E-state index contributed by atoms with van der Waals surface area (Å²) in [4.78, 5) is 14.6. The quantitative estimate of drug-likeness (QED) is 0.735. The van der Waals surface area contributed by atoms with Crippen molar-refractivity contribution >= 4 is 17.7 Å². The third-order valence-electron chi connectivity index (χ3n) is 3.51. The fourth-order valence-corrected chi connectivity index (χ4v) is 2.61. The first-order chi connectivity index (χ1) is 10.5. The van der Waals surface area contributed by atoms with E-state index < -0.39 is 5.76 Å². The average molecular weight is 321 g/mol. The topological polar surface area (TPSA) is 20.3 Å². The van der Waals surface area contributed by atoms with Crippen LogP contribution in [0.4, 0.5) is 8.78 Å². The number of alkyl halides is 2. The van der Waals surface area contributed by atoms with Crippen molar-refractivity contribution in [2.75, 3.05) is 7.05 Å². The Labute approximate surface area is 133 Å². The van der Waals surface area contributed by atoms with Crippen molar-refractivity contribution in [2.45, 2.75) is 23.6 Å².